The zero-order chi connectivity index (χ0) is 16.4. The molecule has 0 bridgehead atoms. The van der Waals surface area contributed by atoms with Gasteiger partial charge in [-0.05, 0) is 35.9 Å². The quantitative estimate of drug-likeness (QED) is 0.680. The minimum atomic E-state index is -1.01. The SMILES string of the molecule is O=C(O)c1ccc(N2C(=O)/C(=C\c3ccccc3)SC2=S)cc1. The molecule has 1 aliphatic heterocycles. The number of carboxylic acids is 1. The number of carbonyl (C=O) groups is 2. The van der Waals surface area contributed by atoms with E-state index >= 15 is 0 Å². The van der Waals surface area contributed by atoms with E-state index in [1.165, 1.54) is 28.8 Å². The van der Waals surface area contributed by atoms with Gasteiger partial charge in [0.15, 0.2) is 4.32 Å². The fourth-order valence-electron chi connectivity index (χ4n) is 2.14. The number of rotatable bonds is 3. The Kier molecular flexibility index (Phi) is 4.27. The van der Waals surface area contributed by atoms with Gasteiger partial charge in [-0.1, -0.05) is 54.3 Å². The molecule has 0 saturated carbocycles. The molecular formula is C17H11NO3S2. The topological polar surface area (TPSA) is 57.6 Å². The van der Waals surface area contributed by atoms with Gasteiger partial charge < -0.3 is 5.11 Å². The van der Waals surface area contributed by atoms with Gasteiger partial charge in [0, 0.05) is 0 Å². The van der Waals surface area contributed by atoms with Crippen molar-refractivity contribution >= 4 is 51.9 Å². The summed E-state index contributed by atoms with van der Waals surface area (Å²) in [4.78, 5) is 25.4. The summed E-state index contributed by atoms with van der Waals surface area (Å²) in [7, 11) is 0. The first-order valence-corrected chi connectivity index (χ1v) is 7.95. The van der Waals surface area contributed by atoms with Crippen LogP contribution in [0.5, 0.6) is 0 Å². The van der Waals surface area contributed by atoms with Crippen LogP contribution in [0.2, 0.25) is 0 Å². The number of benzene rings is 2. The maximum atomic E-state index is 12.6. The Bertz CT molecular complexity index is 813. The summed E-state index contributed by atoms with van der Waals surface area (Å²) in [5, 5.41) is 8.93. The number of aromatic carboxylic acids is 1. The summed E-state index contributed by atoms with van der Waals surface area (Å²) in [6, 6.07) is 15.6. The fraction of sp³-hybridized carbons (Fsp3) is 0. The normalized spacial score (nSPS) is 16.2. The van der Waals surface area contributed by atoms with E-state index in [9.17, 15) is 9.59 Å². The van der Waals surface area contributed by atoms with Crippen molar-refractivity contribution in [3.8, 4) is 0 Å². The van der Waals surface area contributed by atoms with Crippen molar-refractivity contribution < 1.29 is 14.7 Å². The molecule has 23 heavy (non-hydrogen) atoms. The Labute approximate surface area is 142 Å². The number of thioether (sulfide) groups is 1. The molecule has 0 unspecified atom stereocenters. The molecule has 0 spiro atoms. The molecular weight excluding hydrogens is 330 g/mol. The van der Waals surface area contributed by atoms with Crippen LogP contribution in [-0.4, -0.2) is 21.3 Å². The molecule has 114 valence electrons. The van der Waals surface area contributed by atoms with Crippen molar-refractivity contribution in [3.63, 3.8) is 0 Å². The van der Waals surface area contributed by atoms with Crippen molar-refractivity contribution in [1.82, 2.24) is 0 Å². The molecule has 0 radical (unpaired) electrons. The summed E-state index contributed by atoms with van der Waals surface area (Å²) < 4.78 is 0.431. The van der Waals surface area contributed by atoms with Crippen molar-refractivity contribution in [2.24, 2.45) is 0 Å². The van der Waals surface area contributed by atoms with E-state index in [-0.39, 0.29) is 11.5 Å². The summed E-state index contributed by atoms with van der Waals surface area (Å²) in [5.41, 5.74) is 1.65. The van der Waals surface area contributed by atoms with Crippen LogP contribution in [0.1, 0.15) is 15.9 Å². The third-order valence-electron chi connectivity index (χ3n) is 3.26. The molecule has 0 aromatic heterocycles. The Morgan fingerprint density at radius 1 is 1.09 bits per heavy atom. The lowest BCUT2D eigenvalue weighted by Gasteiger charge is -2.14. The highest BCUT2D eigenvalue weighted by atomic mass is 32.2. The van der Waals surface area contributed by atoms with Gasteiger partial charge in [0.25, 0.3) is 5.91 Å². The first kappa shape index (κ1) is 15.5. The minimum absolute atomic E-state index is 0.166. The van der Waals surface area contributed by atoms with Crippen molar-refractivity contribution in [2.45, 2.75) is 0 Å². The van der Waals surface area contributed by atoms with Crippen molar-refractivity contribution in [3.05, 3.63) is 70.6 Å². The van der Waals surface area contributed by atoms with Gasteiger partial charge >= 0.3 is 5.97 Å². The van der Waals surface area contributed by atoms with Crippen LogP contribution in [-0.2, 0) is 4.79 Å². The van der Waals surface area contributed by atoms with Crippen LogP contribution in [0, 0.1) is 0 Å². The van der Waals surface area contributed by atoms with E-state index < -0.39 is 5.97 Å². The highest BCUT2D eigenvalue weighted by Gasteiger charge is 2.33. The van der Waals surface area contributed by atoms with Crippen molar-refractivity contribution in [2.75, 3.05) is 4.90 Å². The number of carboxylic acid groups (broad SMARTS) is 1. The molecule has 1 aliphatic rings. The monoisotopic (exact) mass is 341 g/mol. The van der Waals surface area contributed by atoms with Gasteiger partial charge in [-0.2, -0.15) is 0 Å². The zero-order valence-electron chi connectivity index (χ0n) is 11.8. The van der Waals surface area contributed by atoms with Crippen LogP contribution < -0.4 is 4.90 Å². The van der Waals surface area contributed by atoms with Gasteiger partial charge in [-0.15, -0.1) is 0 Å². The average Bonchev–Trinajstić information content (AvgIpc) is 2.82. The standard InChI is InChI=1S/C17H11NO3S2/c19-15-14(10-11-4-2-1-3-5-11)23-17(22)18(15)13-8-6-12(7-9-13)16(20)21/h1-10H,(H,20,21)/b14-10+. The molecule has 2 aromatic rings. The number of amides is 1. The summed E-state index contributed by atoms with van der Waals surface area (Å²) >= 11 is 6.52. The zero-order valence-corrected chi connectivity index (χ0v) is 13.4. The van der Waals surface area contributed by atoms with Crippen LogP contribution in [0.3, 0.4) is 0 Å². The molecule has 1 amide bonds. The minimum Gasteiger partial charge on any atom is -0.478 e. The largest absolute Gasteiger partial charge is 0.478 e. The smallest absolute Gasteiger partial charge is 0.335 e. The number of hydrogen-bond acceptors (Lipinski definition) is 4. The lowest BCUT2D eigenvalue weighted by Crippen LogP contribution is -2.27. The first-order chi connectivity index (χ1) is 11.1. The van der Waals surface area contributed by atoms with E-state index in [4.69, 9.17) is 17.3 Å². The molecule has 1 saturated heterocycles. The second-order valence-corrected chi connectivity index (χ2v) is 6.46. The van der Waals surface area contributed by atoms with Gasteiger partial charge in [0.05, 0.1) is 16.2 Å². The summed E-state index contributed by atoms with van der Waals surface area (Å²) in [5.74, 6) is -1.21. The van der Waals surface area contributed by atoms with Crippen LogP contribution in [0.4, 0.5) is 5.69 Å². The number of nitrogens with zero attached hydrogens (tertiary/aromatic N) is 1. The van der Waals surface area contributed by atoms with Crippen molar-refractivity contribution in [1.29, 1.82) is 0 Å². The molecule has 3 rings (SSSR count). The fourth-order valence-corrected chi connectivity index (χ4v) is 3.44. The highest BCUT2D eigenvalue weighted by molar-refractivity contribution is 8.27. The number of carbonyl (C=O) groups excluding carboxylic acids is 1. The van der Waals surface area contributed by atoms with E-state index in [1.807, 2.05) is 30.3 Å². The summed E-state index contributed by atoms with van der Waals surface area (Å²) in [6.07, 6.45) is 1.80. The van der Waals surface area contributed by atoms with Gasteiger partial charge in [0.2, 0.25) is 0 Å². The Morgan fingerprint density at radius 3 is 2.35 bits per heavy atom. The van der Waals surface area contributed by atoms with Gasteiger partial charge in [0.1, 0.15) is 0 Å². The molecule has 0 atom stereocenters. The Balaban J connectivity index is 1.90. The predicted octanol–water partition coefficient (Wildman–Crippen LogP) is 3.79. The van der Waals surface area contributed by atoms with Crippen LogP contribution in [0.25, 0.3) is 6.08 Å². The maximum absolute atomic E-state index is 12.6. The molecule has 6 heteroatoms. The lowest BCUT2D eigenvalue weighted by atomic mass is 10.2. The van der Waals surface area contributed by atoms with E-state index in [2.05, 4.69) is 0 Å². The van der Waals surface area contributed by atoms with E-state index in [0.29, 0.717) is 14.9 Å². The van der Waals surface area contributed by atoms with Crippen LogP contribution >= 0.6 is 24.0 Å². The van der Waals surface area contributed by atoms with E-state index in [0.717, 1.165) is 5.56 Å². The van der Waals surface area contributed by atoms with E-state index in [1.54, 1.807) is 18.2 Å². The molecule has 0 aliphatic carbocycles. The predicted molar refractivity (Wildman–Crippen MR) is 95.5 cm³/mol. The Morgan fingerprint density at radius 2 is 1.74 bits per heavy atom. The van der Waals surface area contributed by atoms with Gasteiger partial charge in [-0.25, -0.2) is 4.79 Å². The first-order valence-electron chi connectivity index (χ1n) is 6.72. The number of thiocarbonyl (C=S) groups is 1. The highest BCUT2D eigenvalue weighted by Crippen LogP contribution is 2.36. The molecule has 2 aromatic carbocycles. The third kappa shape index (κ3) is 3.18. The maximum Gasteiger partial charge on any atom is 0.335 e. The molecule has 1 heterocycles. The lowest BCUT2D eigenvalue weighted by molar-refractivity contribution is -0.113. The molecule has 1 fully saturated rings. The second kappa shape index (κ2) is 6.36. The van der Waals surface area contributed by atoms with Crippen LogP contribution in [0.15, 0.2) is 59.5 Å². The second-order valence-electron chi connectivity index (χ2n) is 4.78. The molecule has 4 nitrogen and oxygen atoms in total. The third-order valence-corrected chi connectivity index (χ3v) is 4.57. The van der Waals surface area contributed by atoms with Gasteiger partial charge in [-0.3, -0.25) is 9.69 Å². The summed E-state index contributed by atoms with van der Waals surface area (Å²) in [6.45, 7) is 0. The Hall–Kier alpha value is -2.44. The number of hydrogen-bond donors (Lipinski definition) is 1. The number of anilines is 1. The molecule has 1 N–H and O–H groups in total. The average molecular weight is 341 g/mol.